The highest BCUT2D eigenvalue weighted by Crippen LogP contribution is 2.28. The molecule has 3 heterocycles. The Kier molecular flexibility index (Phi) is 4.64. The van der Waals surface area contributed by atoms with E-state index in [2.05, 4.69) is 9.80 Å². The molecule has 0 radical (unpaired) electrons. The Morgan fingerprint density at radius 2 is 1.85 bits per heavy atom. The minimum Gasteiger partial charge on any atom is -0.389 e. The summed E-state index contributed by atoms with van der Waals surface area (Å²) in [6.45, 7) is 8.10. The summed E-state index contributed by atoms with van der Waals surface area (Å²) in [5.41, 5.74) is 1.29. The first-order chi connectivity index (χ1) is 12.4. The number of halogens is 1. The van der Waals surface area contributed by atoms with Gasteiger partial charge in [-0.25, -0.2) is 9.50 Å². The van der Waals surface area contributed by atoms with Crippen LogP contribution in [0.2, 0.25) is 5.02 Å². The Bertz CT molecular complexity index is 859. The molecule has 3 aromatic rings. The highest BCUT2D eigenvalue weighted by Gasteiger charge is 2.24. The number of hydrogen-bond acceptors (Lipinski definition) is 6. The molecular formula is C18H22ClN5OS. The Morgan fingerprint density at radius 3 is 2.46 bits per heavy atom. The number of fused-ring (bicyclic) bond motifs is 1. The smallest absolute Gasteiger partial charge is 0.214 e. The summed E-state index contributed by atoms with van der Waals surface area (Å²) in [6, 6.07) is 7.68. The van der Waals surface area contributed by atoms with Crippen molar-refractivity contribution < 1.29 is 5.11 Å². The van der Waals surface area contributed by atoms with E-state index in [9.17, 15) is 5.11 Å². The van der Waals surface area contributed by atoms with Gasteiger partial charge in [-0.2, -0.15) is 0 Å². The summed E-state index contributed by atoms with van der Waals surface area (Å²) in [5.74, 6) is 0. The number of nitrogens with zero attached hydrogens (tertiary/aromatic N) is 5. The second kappa shape index (κ2) is 6.81. The number of aliphatic hydroxyl groups is 1. The molecule has 8 heteroatoms. The SMILES string of the molecule is CC(C)(O)CN1CCN(c2nn3cc(-c4ccc(Cl)cc4)nc3s2)CC1. The maximum atomic E-state index is 9.97. The molecule has 26 heavy (non-hydrogen) atoms. The minimum absolute atomic E-state index is 0.651. The zero-order valence-electron chi connectivity index (χ0n) is 14.9. The number of anilines is 1. The summed E-state index contributed by atoms with van der Waals surface area (Å²) in [7, 11) is 0. The molecule has 0 amide bonds. The molecule has 1 saturated heterocycles. The van der Waals surface area contributed by atoms with Crippen molar-refractivity contribution in [2.75, 3.05) is 37.6 Å². The van der Waals surface area contributed by atoms with Crippen LogP contribution < -0.4 is 4.90 Å². The van der Waals surface area contributed by atoms with Crippen LogP contribution in [0.1, 0.15) is 13.8 Å². The summed E-state index contributed by atoms with van der Waals surface area (Å²) in [6.07, 6.45) is 1.96. The largest absolute Gasteiger partial charge is 0.389 e. The Labute approximate surface area is 161 Å². The van der Waals surface area contributed by atoms with Crippen molar-refractivity contribution in [1.82, 2.24) is 19.5 Å². The third kappa shape index (κ3) is 3.86. The number of aromatic nitrogens is 3. The molecule has 1 aliphatic rings. The van der Waals surface area contributed by atoms with Crippen LogP contribution in [-0.4, -0.2) is 62.9 Å². The normalized spacial score (nSPS) is 16.5. The zero-order valence-corrected chi connectivity index (χ0v) is 16.5. The fourth-order valence-electron chi connectivity index (χ4n) is 3.22. The number of benzene rings is 1. The van der Waals surface area contributed by atoms with Crippen molar-refractivity contribution in [2.24, 2.45) is 0 Å². The van der Waals surface area contributed by atoms with Crippen molar-refractivity contribution in [3.8, 4) is 11.3 Å². The lowest BCUT2D eigenvalue weighted by atomic mass is 10.1. The van der Waals surface area contributed by atoms with Gasteiger partial charge in [0.2, 0.25) is 10.1 Å². The van der Waals surface area contributed by atoms with Crippen molar-refractivity contribution >= 4 is 33.0 Å². The Balaban J connectivity index is 1.46. The van der Waals surface area contributed by atoms with Gasteiger partial charge in [-0.15, -0.1) is 5.10 Å². The molecule has 4 rings (SSSR count). The van der Waals surface area contributed by atoms with Crippen molar-refractivity contribution in [1.29, 1.82) is 0 Å². The van der Waals surface area contributed by atoms with Gasteiger partial charge in [0.15, 0.2) is 0 Å². The molecule has 6 nitrogen and oxygen atoms in total. The second-order valence-corrected chi connectivity index (χ2v) is 8.69. The van der Waals surface area contributed by atoms with E-state index in [1.807, 2.05) is 48.8 Å². The molecule has 0 aliphatic carbocycles. The lowest BCUT2D eigenvalue weighted by Crippen LogP contribution is -2.50. The molecule has 0 saturated carbocycles. The third-order valence-corrected chi connectivity index (χ3v) is 5.66. The van der Waals surface area contributed by atoms with Crippen LogP contribution in [0.4, 0.5) is 5.13 Å². The summed E-state index contributed by atoms with van der Waals surface area (Å²) in [4.78, 5) is 10.2. The van der Waals surface area contributed by atoms with E-state index in [1.54, 1.807) is 11.3 Å². The predicted octanol–water partition coefficient (Wildman–Crippen LogP) is 3.00. The molecule has 0 bridgehead atoms. The van der Waals surface area contributed by atoms with Crippen LogP contribution in [0.15, 0.2) is 30.5 Å². The first-order valence-corrected chi connectivity index (χ1v) is 9.89. The van der Waals surface area contributed by atoms with E-state index in [0.717, 1.165) is 52.6 Å². The Hall–Kier alpha value is -1.67. The van der Waals surface area contributed by atoms with E-state index in [0.29, 0.717) is 6.54 Å². The standard InChI is InChI=1S/C18H22ClN5OS/c1-18(2,25)12-22-7-9-23(10-8-22)17-21-24-11-15(20-16(24)26-17)13-3-5-14(19)6-4-13/h3-6,11,25H,7-10,12H2,1-2H3. The van der Waals surface area contributed by atoms with Gasteiger partial charge in [0, 0.05) is 43.3 Å². The second-order valence-electron chi connectivity index (χ2n) is 7.32. The lowest BCUT2D eigenvalue weighted by molar-refractivity contribution is 0.0345. The average Bonchev–Trinajstić information content (AvgIpc) is 3.13. The Morgan fingerprint density at radius 1 is 1.15 bits per heavy atom. The number of rotatable bonds is 4. The molecule has 0 unspecified atom stereocenters. The minimum atomic E-state index is -0.651. The summed E-state index contributed by atoms with van der Waals surface area (Å²) in [5, 5.41) is 16.4. The predicted molar refractivity (Wildman–Crippen MR) is 106 cm³/mol. The van der Waals surface area contributed by atoms with Crippen LogP contribution >= 0.6 is 22.9 Å². The topological polar surface area (TPSA) is 56.9 Å². The summed E-state index contributed by atoms with van der Waals surface area (Å²) < 4.78 is 1.85. The first kappa shape index (κ1) is 17.7. The van der Waals surface area contributed by atoms with Gasteiger partial charge in [-0.05, 0) is 26.0 Å². The van der Waals surface area contributed by atoms with E-state index >= 15 is 0 Å². The molecule has 2 aromatic heterocycles. The molecule has 1 aliphatic heterocycles. The number of β-amino-alcohol motifs (C(OH)–C–C–N with tert-alkyl or cyclic N) is 1. The van der Waals surface area contributed by atoms with Gasteiger partial charge >= 0.3 is 0 Å². The molecule has 138 valence electrons. The van der Waals surface area contributed by atoms with E-state index in [-0.39, 0.29) is 0 Å². The van der Waals surface area contributed by atoms with Crippen molar-refractivity contribution in [2.45, 2.75) is 19.4 Å². The van der Waals surface area contributed by atoms with Crippen molar-refractivity contribution in [3.05, 3.63) is 35.5 Å². The van der Waals surface area contributed by atoms with Crippen LogP contribution in [0.3, 0.4) is 0 Å². The average molecular weight is 392 g/mol. The van der Waals surface area contributed by atoms with Gasteiger partial charge < -0.3 is 10.0 Å². The maximum absolute atomic E-state index is 9.97. The van der Waals surface area contributed by atoms with Crippen molar-refractivity contribution in [3.63, 3.8) is 0 Å². The number of piperazine rings is 1. The molecule has 1 fully saturated rings. The monoisotopic (exact) mass is 391 g/mol. The van der Waals surface area contributed by atoms with Crippen LogP contribution in [0, 0.1) is 0 Å². The lowest BCUT2D eigenvalue weighted by Gasteiger charge is -2.36. The van der Waals surface area contributed by atoms with E-state index in [1.165, 1.54) is 0 Å². The molecular weight excluding hydrogens is 370 g/mol. The van der Waals surface area contributed by atoms with E-state index < -0.39 is 5.60 Å². The fraction of sp³-hybridized carbons (Fsp3) is 0.444. The van der Waals surface area contributed by atoms with E-state index in [4.69, 9.17) is 21.7 Å². The maximum Gasteiger partial charge on any atom is 0.214 e. The summed E-state index contributed by atoms with van der Waals surface area (Å²) >= 11 is 7.56. The number of hydrogen-bond donors (Lipinski definition) is 1. The van der Waals surface area contributed by atoms with Gasteiger partial charge in [0.1, 0.15) is 0 Å². The zero-order chi connectivity index (χ0) is 18.3. The van der Waals surface area contributed by atoms with Crippen LogP contribution in [-0.2, 0) is 0 Å². The van der Waals surface area contributed by atoms with Crippen LogP contribution in [0.5, 0.6) is 0 Å². The van der Waals surface area contributed by atoms with Gasteiger partial charge in [-0.3, -0.25) is 4.90 Å². The third-order valence-electron chi connectivity index (χ3n) is 4.43. The molecule has 1 N–H and O–H groups in total. The molecule has 1 aromatic carbocycles. The van der Waals surface area contributed by atoms with Gasteiger partial charge in [0.25, 0.3) is 0 Å². The molecule has 0 atom stereocenters. The number of imidazole rings is 1. The highest BCUT2D eigenvalue weighted by atomic mass is 35.5. The highest BCUT2D eigenvalue weighted by molar-refractivity contribution is 7.20. The van der Waals surface area contributed by atoms with Gasteiger partial charge in [-0.1, -0.05) is 35.1 Å². The first-order valence-electron chi connectivity index (χ1n) is 8.69. The van der Waals surface area contributed by atoms with Gasteiger partial charge in [0.05, 0.1) is 17.5 Å². The fourth-order valence-corrected chi connectivity index (χ4v) is 4.28. The van der Waals surface area contributed by atoms with Crippen LogP contribution in [0.25, 0.3) is 16.2 Å². The molecule has 0 spiro atoms. The quantitative estimate of drug-likeness (QED) is 0.740.